The molecule has 1 aromatic rings. The number of imide groups is 1. The fourth-order valence-electron chi connectivity index (χ4n) is 2.52. The van der Waals surface area contributed by atoms with E-state index in [0.29, 0.717) is 5.69 Å². The smallest absolute Gasteiger partial charge is 0.332 e. The molecular formula is C17H23N5O3S. The molecule has 9 heteroatoms. The van der Waals surface area contributed by atoms with Crippen LogP contribution in [0.25, 0.3) is 0 Å². The van der Waals surface area contributed by atoms with Gasteiger partial charge < -0.3 is 5.32 Å². The van der Waals surface area contributed by atoms with Gasteiger partial charge in [0.2, 0.25) is 0 Å². The Labute approximate surface area is 157 Å². The summed E-state index contributed by atoms with van der Waals surface area (Å²) in [5.41, 5.74) is 6.58. The van der Waals surface area contributed by atoms with E-state index in [9.17, 15) is 14.4 Å². The first-order chi connectivity index (χ1) is 12.2. The summed E-state index contributed by atoms with van der Waals surface area (Å²) in [6.07, 6.45) is 0. The minimum Gasteiger partial charge on any atom is -0.359 e. The topological polar surface area (TPSA) is 93.8 Å². The normalized spacial score (nSPS) is 16.9. The predicted octanol–water partition coefficient (Wildman–Crippen LogP) is 1.06. The van der Waals surface area contributed by atoms with Crippen molar-refractivity contribution in [3.05, 3.63) is 29.8 Å². The summed E-state index contributed by atoms with van der Waals surface area (Å²) in [7, 11) is 0. The second-order valence-electron chi connectivity index (χ2n) is 6.39. The van der Waals surface area contributed by atoms with Gasteiger partial charge in [0, 0.05) is 11.7 Å². The molecule has 0 bridgehead atoms. The van der Waals surface area contributed by atoms with Crippen LogP contribution in [0.5, 0.6) is 0 Å². The zero-order valence-corrected chi connectivity index (χ0v) is 16.0. The largest absolute Gasteiger partial charge is 0.359 e. The van der Waals surface area contributed by atoms with Gasteiger partial charge in [0.25, 0.3) is 11.8 Å². The number of urea groups is 1. The van der Waals surface area contributed by atoms with Crippen LogP contribution in [0.2, 0.25) is 0 Å². The number of rotatable bonds is 4. The van der Waals surface area contributed by atoms with Crippen molar-refractivity contribution in [2.75, 3.05) is 11.4 Å². The summed E-state index contributed by atoms with van der Waals surface area (Å²) in [6, 6.07) is 6.19. The fourth-order valence-corrected chi connectivity index (χ4v) is 2.81. The van der Waals surface area contributed by atoms with Gasteiger partial charge in [-0.15, -0.1) is 0 Å². The molecule has 0 aliphatic carbocycles. The van der Waals surface area contributed by atoms with Crippen LogP contribution in [0.1, 0.15) is 26.3 Å². The highest BCUT2D eigenvalue weighted by Crippen LogP contribution is 2.25. The molecule has 1 fully saturated rings. The van der Waals surface area contributed by atoms with Gasteiger partial charge in [0.05, 0.1) is 0 Å². The maximum absolute atomic E-state index is 12.6. The van der Waals surface area contributed by atoms with Gasteiger partial charge in [-0.3, -0.25) is 30.2 Å². The summed E-state index contributed by atoms with van der Waals surface area (Å²) in [6.45, 7) is 6.99. The number of nitrogens with zero attached hydrogens (tertiary/aromatic N) is 2. The van der Waals surface area contributed by atoms with E-state index in [4.69, 9.17) is 12.2 Å². The Morgan fingerprint density at radius 1 is 1.19 bits per heavy atom. The standard InChI is InChI=1S/C17H23N5O3S/c1-10(2)18-16(26)20-19-14(23)9-21-15(24)12(4)22(17(21)25)13-7-5-11(3)6-8-13/h5-8,10,12H,9H2,1-4H3,(H,19,23)(H2,18,20,26)/t12-/m1/s1. The predicted molar refractivity (Wildman–Crippen MR) is 102 cm³/mol. The molecule has 140 valence electrons. The molecule has 1 aliphatic rings. The molecule has 26 heavy (non-hydrogen) atoms. The van der Waals surface area contributed by atoms with Crippen molar-refractivity contribution in [3.63, 3.8) is 0 Å². The Morgan fingerprint density at radius 3 is 2.38 bits per heavy atom. The van der Waals surface area contributed by atoms with Gasteiger partial charge in [0.15, 0.2) is 5.11 Å². The minimum atomic E-state index is -0.672. The van der Waals surface area contributed by atoms with Crippen LogP contribution in [-0.4, -0.2) is 46.5 Å². The number of amides is 4. The van der Waals surface area contributed by atoms with E-state index in [0.717, 1.165) is 10.5 Å². The van der Waals surface area contributed by atoms with Gasteiger partial charge in [-0.05, 0) is 52.0 Å². The monoisotopic (exact) mass is 377 g/mol. The molecule has 2 rings (SSSR count). The average molecular weight is 377 g/mol. The Morgan fingerprint density at radius 2 is 1.81 bits per heavy atom. The minimum absolute atomic E-state index is 0.109. The van der Waals surface area contributed by atoms with Gasteiger partial charge in [-0.1, -0.05) is 17.7 Å². The quantitative estimate of drug-likeness (QED) is 0.413. The van der Waals surface area contributed by atoms with Gasteiger partial charge >= 0.3 is 6.03 Å². The first-order valence-corrected chi connectivity index (χ1v) is 8.68. The first kappa shape index (κ1) is 19.6. The molecule has 1 saturated heterocycles. The Balaban J connectivity index is 2.00. The van der Waals surface area contributed by atoms with E-state index in [1.54, 1.807) is 19.1 Å². The van der Waals surface area contributed by atoms with E-state index in [1.807, 2.05) is 32.9 Å². The molecule has 1 atom stereocenters. The molecule has 4 amide bonds. The lowest BCUT2D eigenvalue weighted by atomic mass is 10.2. The summed E-state index contributed by atoms with van der Waals surface area (Å²) in [4.78, 5) is 39.4. The van der Waals surface area contributed by atoms with Crippen LogP contribution < -0.4 is 21.1 Å². The molecule has 0 spiro atoms. The molecule has 1 heterocycles. The molecule has 3 N–H and O–H groups in total. The van der Waals surface area contributed by atoms with Crippen LogP contribution in [0.4, 0.5) is 10.5 Å². The summed E-state index contributed by atoms with van der Waals surface area (Å²) in [5.74, 6) is -0.967. The van der Waals surface area contributed by atoms with E-state index in [-0.39, 0.29) is 17.7 Å². The lowest BCUT2D eigenvalue weighted by molar-refractivity contribution is -0.132. The van der Waals surface area contributed by atoms with Crippen LogP contribution in [-0.2, 0) is 9.59 Å². The molecule has 1 aliphatic heterocycles. The van der Waals surface area contributed by atoms with Crippen LogP contribution >= 0.6 is 12.2 Å². The number of hydrogen-bond acceptors (Lipinski definition) is 4. The Bertz CT molecular complexity index is 720. The van der Waals surface area contributed by atoms with Gasteiger partial charge in [-0.2, -0.15) is 0 Å². The van der Waals surface area contributed by atoms with Crippen molar-refractivity contribution >= 4 is 40.9 Å². The summed E-state index contributed by atoms with van der Waals surface area (Å²) >= 11 is 5.00. The number of hydrogen-bond donors (Lipinski definition) is 3. The summed E-state index contributed by atoms with van der Waals surface area (Å²) < 4.78 is 0. The van der Waals surface area contributed by atoms with Crippen molar-refractivity contribution in [1.29, 1.82) is 0 Å². The zero-order chi connectivity index (χ0) is 19.4. The number of carbonyl (C=O) groups is 3. The SMILES string of the molecule is Cc1ccc(N2C(=O)N(CC(=O)NNC(=S)NC(C)C)C(=O)[C@H]2C)cc1. The number of thiocarbonyl (C=S) groups is 1. The number of carbonyl (C=O) groups excluding carboxylic acids is 3. The second-order valence-corrected chi connectivity index (χ2v) is 6.80. The number of nitrogens with one attached hydrogen (secondary N) is 3. The van der Waals surface area contributed by atoms with Crippen molar-refractivity contribution in [2.45, 2.75) is 39.8 Å². The molecule has 1 aromatic carbocycles. The van der Waals surface area contributed by atoms with E-state index >= 15 is 0 Å². The molecule has 0 aromatic heterocycles. The molecular weight excluding hydrogens is 354 g/mol. The molecule has 8 nitrogen and oxygen atoms in total. The van der Waals surface area contributed by atoms with Crippen molar-refractivity contribution in [3.8, 4) is 0 Å². The van der Waals surface area contributed by atoms with E-state index in [2.05, 4.69) is 16.2 Å². The van der Waals surface area contributed by atoms with Crippen LogP contribution in [0.15, 0.2) is 24.3 Å². The number of aryl methyl sites for hydroxylation is 1. The number of hydrazine groups is 1. The third-order valence-electron chi connectivity index (χ3n) is 3.80. The average Bonchev–Trinajstić information content (AvgIpc) is 2.77. The van der Waals surface area contributed by atoms with Crippen LogP contribution in [0, 0.1) is 6.92 Å². The molecule has 0 unspecified atom stereocenters. The second kappa shape index (κ2) is 8.13. The Kier molecular flexibility index (Phi) is 6.14. The number of anilines is 1. The van der Waals surface area contributed by atoms with Crippen LogP contribution in [0.3, 0.4) is 0 Å². The van der Waals surface area contributed by atoms with Crippen molar-refractivity contribution in [1.82, 2.24) is 21.1 Å². The van der Waals surface area contributed by atoms with Gasteiger partial charge in [0.1, 0.15) is 12.6 Å². The van der Waals surface area contributed by atoms with Crippen molar-refractivity contribution in [2.24, 2.45) is 0 Å². The fraction of sp³-hybridized carbons (Fsp3) is 0.412. The van der Waals surface area contributed by atoms with Gasteiger partial charge in [-0.25, -0.2) is 4.79 Å². The Hall–Kier alpha value is -2.68. The third-order valence-corrected chi connectivity index (χ3v) is 4.02. The van der Waals surface area contributed by atoms with E-state index < -0.39 is 23.9 Å². The van der Waals surface area contributed by atoms with Crippen molar-refractivity contribution < 1.29 is 14.4 Å². The summed E-state index contributed by atoms with van der Waals surface area (Å²) in [5, 5.41) is 3.15. The highest BCUT2D eigenvalue weighted by Gasteiger charge is 2.44. The number of benzene rings is 1. The molecule has 0 radical (unpaired) electrons. The molecule has 0 saturated carbocycles. The first-order valence-electron chi connectivity index (χ1n) is 8.27. The highest BCUT2D eigenvalue weighted by molar-refractivity contribution is 7.80. The maximum atomic E-state index is 12.6. The third kappa shape index (κ3) is 4.48. The maximum Gasteiger partial charge on any atom is 0.332 e. The highest BCUT2D eigenvalue weighted by atomic mass is 32.1. The lowest BCUT2D eigenvalue weighted by Crippen LogP contribution is -2.51. The zero-order valence-electron chi connectivity index (χ0n) is 15.2. The lowest BCUT2D eigenvalue weighted by Gasteiger charge is -2.19. The van der Waals surface area contributed by atoms with E-state index in [1.165, 1.54) is 4.90 Å².